The van der Waals surface area contributed by atoms with Crippen molar-refractivity contribution in [2.45, 2.75) is 13.8 Å². The number of imidazole rings is 1. The summed E-state index contributed by atoms with van der Waals surface area (Å²) < 4.78 is 0. The lowest BCUT2D eigenvalue weighted by Gasteiger charge is -2.04. The second-order valence-corrected chi connectivity index (χ2v) is 5.36. The van der Waals surface area contributed by atoms with Crippen LogP contribution in [0.3, 0.4) is 0 Å². The Labute approximate surface area is 114 Å². The summed E-state index contributed by atoms with van der Waals surface area (Å²) in [5.41, 5.74) is 3.61. The summed E-state index contributed by atoms with van der Waals surface area (Å²) in [6.07, 6.45) is 0. The Balaban J connectivity index is 1.89. The van der Waals surface area contributed by atoms with Gasteiger partial charge >= 0.3 is 0 Å². The lowest BCUT2D eigenvalue weighted by molar-refractivity contribution is 0.103. The fourth-order valence-corrected chi connectivity index (χ4v) is 2.83. The van der Waals surface area contributed by atoms with Gasteiger partial charge in [-0.1, -0.05) is 0 Å². The molecule has 2 heterocycles. The highest BCUT2D eigenvalue weighted by Crippen LogP contribution is 2.20. The summed E-state index contributed by atoms with van der Waals surface area (Å²) in [6.45, 7) is 3.85. The van der Waals surface area contributed by atoms with E-state index in [-0.39, 0.29) is 5.91 Å². The highest BCUT2D eigenvalue weighted by molar-refractivity contribution is 7.12. The van der Waals surface area contributed by atoms with Crippen LogP contribution in [0.1, 0.15) is 21.1 Å². The van der Waals surface area contributed by atoms with E-state index in [0.717, 1.165) is 33.0 Å². The van der Waals surface area contributed by atoms with Crippen LogP contribution >= 0.6 is 11.3 Å². The summed E-state index contributed by atoms with van der Waals surface area (Å²) in [5.74, 6) is 0.802. The minimum absolute atomic E-state index is 0.0666. The highest BCUT2D eigenvalue weighted by Gasteiger charge is 2.11. The third-order valence-corrected chi connectivity index (χ3v) is 3.94. The van der Waals surface area contributed by atoms with Crippen molar-refractivity contribution in [3.8, 4) is 0 Å². The number of aromatic nitrogens is 2. The van der Waals surface area contributed by atoms with Gasteiger partial charge in [-0.25, -0.2) is 4.98 Å². The van der Waals surface area contributed by atoms with Crippen molar-refractivity contribution in [3.05, 3.63) is 45.9 Å². The zero-order valence-electron chi connectivity index (χ0n) is 10.7. The number of amides is 1. The number of aromatic amines is 1. The number of aryl methyl sites for hydroxylation is 2. The van der Waals surface area contributed by atoms with E-state index >= 15 is 0 Å². The van der Waals surface area contributed by atoms with Crippen LogP contribution in [0.15, 0.2) is 29.6 Å². The molecule has 0 aliphatic rings. The van der Waals surface area contributed by atoms with E-state index in [1.165, 1.54) is 11.3 Å². The summed E-state index contributed by atoms with van der Waals surface area (Å²) >= 11 is 1.45. The SMILES string of the molecule is Cc1nc2ccc(NC(=O)c3sccc3C)cc2[nH]1. The molecule has 96 valence electrons. The molecule has 2 N–H and O–H groups in total. The number of nitrogens with one attached hydrogen (secondary N) is 2. The molecule has 19 heavy (non-hydrogen) atoms. The first-order valence-corrected chi connectivity index (χ1v) is 6.83. The number of carbonyl (C=O) groups excluding carboxylic acids is 1. The van der Waals surface area contributed by atoms with E-state index in [2.05, 4.69) is 15.3 Å². The molecule has 0 spiro atoms. The van der Waals surface area contributed by atoms with Gasteiger partial charge < -0.3 is 10.3 Å². The number of thiophene rings is 1. The molecule has 0 aliphatic heterocycles. The Hall–Kier alpha value is -2.14. The van der Waals surface area contributed by atoms with Gasteiger partial charge in [0.15, 0.2) is 0 Å². The normalized spacial score (nSPS) is 10.8. The van der Waals surface area contributed by atoms with E-state index in [9.17, 15) is 4.79 Å². The molecular formula is C14H13N3OS. The molecule has 0 saturated heterocycles. The van der Waals surface area contributed by atoms with Gasteiger partial charge in [0.25, 0.3) is 5.91 Å². The molecular weight excluding hydrogens is 258 g/mol. The van der Waals surface area contributed by atoms with Crippen LogP contribution in [-0.2, 0) is 0 Å². The third kappa shape index (κ3) is 2.24. The fourth-order valence-electron chi connectivity index (χ4n) is 2.01. The minimum atomic E-state index is -0.0666. The summed E-state index contributed by atoms with van der Waals surface area (Å²) in [4.78, 5) is 20.4. The number of H-pyrrole nitrogens is 1. The quantitative estimate of drug-likeness (QED) is 0.749. The standard InChI is InChI=1S/C14H13N3OS/c1-8-5-6-19-13(8)14(18)17-10-3-4-11-12(7-10)16-9(2)15-11/h3-7H,1-2H3,(H,15,16)(H,17,18). The van der Waals surface area contributed by atoms with Crippen molar-refractivity contribution in [1.29, 1.82) is 0 Å². The van der Waals surface area contributed by atoms with Crippen LogP contribution in [0.25, 0.3) is 11.0 Å². The molecule has 1 amide bonds. The van der Waals surface area contributed by atoms with Gasteiger partial charge in [0.2, 0.25) is 0 Å². The van der Waals surface area contributed by atoms with E-state index in [1.807, 2.05) is 43.5 Å². The lowest BCUT2D eigenvalue weighted by atomic mass is 10.2. The molecule has 5 heteroatoms. The van der Waals surface area contributed by atoms with E-state index in [0.29, 0.717) is 0 Å². The van der Waals surface area contributed by atoms with Gasteiger partial charge in [-0.15, -0.1) is 11.3 Å². The number of hydrogen-bond acceptors (Lipinski definition) is 3. The molecule has 1 aromatic carbocycles. The van der Waals surface area contributed by atoms with Crippen LogP contribution in [0.5, 0.6) is 0 Å². The van der Waals surface area contributed by atoms with E-state index in [4.69, 9.17) is 0 Å². The maximum Gasteiger partial charge on any atom is 0.265 e. The molecule has 0 fully saturated rings. The van der Waals surface area contributed by atoms with Crippen molar-refractivity contribution in [2.75, 3.05) is 5.32 Å². The van der Waals surface area contributed by atoms with Crippen molar-refractivity contribution >= 4 is 34.0 Å². The number of fused-ring (bicyclic) bond motifs is 1. The summed E-state index contributed by atoms with van der Waals surface area (Å²) in [6, 6.07) is 7.61. The number of anilines is 1. The molecule has 3 rings (SSSR count). The van der Waals surface area contributed by atoms with Gasteiger partial charge in [0, 0.05) is 5.69 Å². The second kappa shape index (κ2) is 4.51. The molecule has 3 aromatic rings. The zero-order chi connectivity index (χ0) is 13.4. The lowest BCUT2D eigenvalue weighted by Crippen LogP contribution is -2.11. The molecule has 0 unspecified atom stereocenters. The smallest absolute Gasteiger partial charge is 0.265 e. The Kier molecular flexibility index (Phi) is 2.83. The molecule has 0 radical (unpaired) electrons. The van der Waals surface area contributed by atoms with E-state index in [1.54, 1.807) is 0 Å². The first-order valence-electron chi connectivity index (χ1n) is 5.95. The fraction of sp³-hybridized carbons (Fsp3) is 0.143. The summed E-state index contributed by atoms with van der Waals surface area (Å²) in [5, 5.41) is 4.83. The average Bonchev–Trinajstić information content (AvgIpc) is 2.93. The Morgan fingerprint density at radius 3 is 2.89 bits per heavy atom. The number of carbonyl (C=O) groups is 1. The van der Waals surface area contributed by atoms with Gasteiger partial charge in [-0.2, -0.15) is 0 Å². The first-order chi connectivity index (χ1) is 9.13. The van der Waals surface area contributed by atoms with Crippen molar-refractivity contribution in [3.63, 3.8) is 0 Å². The largest absolute Gasteiger partial charge is 0.342 e. The van der Waals surface area contributed by atoms with Crippen LogP contribution < -0.4 is 5.32 Å². The van der Waals surface area contributed by atoms with Crippen LogP contribution in [-0.4, -0.2) is 15.9 Å². The van der Waals surface area contributed by atoms with Gasteiger partial charge in [-0.05, 0) is 49.1 Å². The number of nitrogens with zero attached hydrogens (tertiary/aromatic N) is 1. The molecule has 0 saturated carbocycles. The predicted molar refractivity (Wildman–Crippen MR) is 77.8 cm³/mol. The number of rotatable bonds is 2. The van der Waals surface area contributed by atoms with Crippen LogP contribution in [0.2, 0.25) is 0 Å². The van der Waals surface area contributed by atoms with Gasteiger partial charge in [0.05, 0.1) is 15.9 Å². The molecule has 0 bridgehead atoms. The molecule has 2 aromatic heterocycles. The van der Waals surface area contributed by atoms with Crippen molar-refractivity contribution < 1.29 is 4.79 Å². The van der Waals surface area contributed by atoms with Crippen LogP contribution in [0, 0.1) is 13.8 Å². The predicted octanol–water partition coefficient (Wildman–Crippen LogP) is 3.49. The number of hydrogen-bond donors (Lipinski definition) is 2. The maximum atomic E-state index is 12.1. The average molecular weight is 271 g/mol. The van der Waals surface area contributed by atoms with Crippen molar-refractivity contribution in [2.24, 2.45) is 0 Å². The van der Waals surface area contributed by atoms with Gasteiger partial charge in [0.1, 0.15) is 5.82 Å². The second-order valence-electron chi connectivity index (χ2n) is 4.44. The Morgan fingerprint density at radius 1 is 1.32 bits per heavy atom. The topological polar surface area (TPSA) is 57.8 Å². The van der Waals surface area contributed by atoms with Crippen molar-refractivity contribution in [1.82, 2.24) is 9.97 Å². The monoisotopic (exact) mass is 271 g/mol. The van der Waals surface area contributed by atoms with Crippen LogP contribution in [0.4, 0.5) is 5.69 Å². The van der Waals surface area contributed by atoms with E-state index < -0.39 is 0 Å². The summed E-state index contributed by atoms with van der Waals surface area (Å²) in [7, 11) is 0. The first kappa shape index (κ1) is 11.9. The van der Waals surface area contributed by atoms with Gasteiger partial charge in [-0.3, -0.25) is 4.79 Å². The number of benzene rings is 1. The minimum Gasteiger partial charge on any atom is -0.342 e. The Bertz CT molecular complexity index is 757. The highest BCUT2D eigenvalue weighted by atomic mass is 32.1. The molecule has 0 aliphatic carbocycles. The molecule has 4 nitrogen and oxygen atoms in total. The Morgan fingerprint density at radius 2 is 2.16 bits per heavy atom. The zero-order valence-corrected chi connectivity index (χ0v) is 11.5. The maximum absolute atomic E-state index is 12.1. The molecule has 0 atom stereocenters. The third-order valence-electron chi connectivity index (χ3n) is 2.93.